The molecule has 7 nitrogen and oxygen atoms in total. The summed E-state index contributed by atoms with van der Waals surface area (Å²) in [6.45, 7) is 8.08. The normalized spacial score (nSPS) is 29.1. The van der Waals surface area contributed by atoms with Gasteiger partial charge in [-0.2, -0.15) is 5.26 Å². The van der Waals surface area contributed by atoms with Gasteiger partial charge >= 0.3 is 6.09 Å². The molecule has 2 amide bonds. The fraction of sp³-hybridized carbons (Fsp3) is 0.842. The fourth-order valence-electron chi connectivity index (χ4n) is 3.52. The molecule has 7 heteroatoms. The van der Waals surface area contributed by atoms with E-state index < -0.39 is 23.7 Å². The highest BCUT2D eigenvalue weighted by Gasteiger charge is 2.38. The summed E-state index contributed by atoms with van der Waals surface area (Å²) in [4.78, 5) is 25.9. The number of amides is 2. The number of nitrogens with zero attached hydrogens (tertiary/aromatic N) is 2. The summed E-state index contributed by atoms with van der Waals surface area (Å²) >= 11 is 0. The number of nitriles is 1. The largest absolute Gasteiger partial charge is 0.444 e. The Hall–Kier alpha value is -1.81. The Balaban J connectivity index is 1.82. The lowest BCUT2D eigenvalue weighted by Gasteiger charge is -2.28. The lowest BCUT2D eigenvalue weighted by atomic mass is 9.88. The molecular formula is C19H31N3O4. The molecule has 1 heterocycles. The predicted molar refractivity (Wildman–Crippen MR) is 96.2 cm³/mol. The van der Waals surface area contributed by atoms with E-state index in [-0.39, 0.29) is 31.7 Å². The van der Waals surface area contributed by atoms with Gasteiger partial charge in [0.15, 0.2) is 0 Å². The van der Waals surface area contributed by atoms with E-state index >= 15 is 0 Å². The number of likely N-dealkylation sites (tertiary alicyclic amines) is 1. The van der Waals surface area contributed by atoms with Crippen LogP contribution in [0, 0.1) is 23.2 Å². The van der Waals surface area contributed by atoms with Crippen LogP contribution in [0.2, 0.25) is 0 Å². The number of hydrogen-bond acceptors (Lipinski definition) is 5. The van der Waals surface area contributed by atoms with E-state index in [1.54, 1.807) is 20.8 Å². The van der Waals surface area contributed by atoms with Crippen molar-refractivity contribution in [3.05, 3.63) is 0 Å². The zero-order valence-electron chi connectivity index (χ0n) is 16.3. The van der Waals surface area contributed by atoms with Gasteiger partial charge in [-0.3, -0.25) is 4.79 Å². The Morgan fingerprint density at radius 2 is 1.92 bits per heavy atom. The quantitative estimate of drug-likeness (QED) is 0.826. The van der Waals surface area contributed by atoms with Crippen LogP contribution in [0.25, 0.3) is 0 Å². The number of ether oxygens (including phenoxy) is 2. The summed E-state index contributed by atoms with van der Waals surface area (Å²) in [6.07, 6.45) is 4.16. The van der Waals surface area contributed by atoms with Gasteiger partial charge in [0.05, 0.1) is 24.1 Å². The summed E-state index contributed by atoms with van der Waals surface area (Å²) in [5.41, 5.74) is -0.592. The molecule has 1 aliphatic heterocycles. The van der Waals surface area contributed by atoms with E-state index in [1.807, 2.05) is 0 Å². The second kappa shape index (κ2) is 8.72. The number of carbonyl (C=O) groups excluding carboxylic acids is 2. The fourth-order valence-corrected chi connectivity index (χ4v) is 3.52. The van der Waals surface area contributed by atoms with Crippen molar-refractivity contribution >= 4 is 12.0 Å². The highest BCUT2D eigenvalue weighted by Crippen LogP contribution is 2.26. The van der Waals surface area contributed by atoms with Crippen LogP contribution < -0.4 is 5.32 Å². The van der Waals surface area contributed by atoms with Crippen LogP contribution in [0.4, 0.5) is 4.79 Å². The van der Waals surface area contributed by atoms with Crippen LogP contribution >= 0.6 is 0 Å². The second-order valence-electron chi connectivity index (χ2n) is 8.41. The maximum Gasteiger partial charge on any atom is 0.410 e. The first-order valence-electron chi connectivity index (χ1n) is 9.48. The number of rotatable bonds is 4. The molecule has 0 unspecified atom stereocenters. The van der Waals surface area contributed by atoms with Crippen LogP contribution in [0.5, 0.6) is 0 Å². The van der Waals surface area contributed by atoms with E-state index in [0.29, 0.717) is 5.92 Å². The number of hydrogen-bond donors (Lipinski definition) is 1. The average Bonchev–Trinajstić information content (AvgIpc) is 2.95. The van der Waals surface area contributed by atoms with E-state index in [9.17, 15) is 14.9 Å². The minimum atomic E-state index is -0.592. The van der Waals surface area contributed by atoms with Gasteiger partial charge in [0.25, 0.3) is 0 Å². The Kier molecular flexibility index (Phi) is 6.87. The molecule has 26 heavy (non-hydrogen) atoms. The monoisotopic (exact) mass is 365 g/mol. The summed E-state index contributed by atoms with van der Waals surface area (Å²) in [6, 6.07) is 1.78. The van der Waals surface area contributed by atoms with Gasteiger partial charge in [-0.25, -0.2) is 4.79 Å². The highest BCUT2D eigenvalue weighted by molar-refractivity contribution is 5.78. The summed E-state index contributed by atoms with van der Waals surface area (Å²) in [5.74, 6) is -0.211. The first-order chi connectivity index (χ1) is 12.2. The maximum absolute atomic E-state index is 12.2. The van der Waals surface area contributed by atoms with Crippen LogP contribution in [0.1, 0.15) is 53.4 Å². The van der Waals surface area contributed by atoms with Crippen molar-refractivity contribution < 1.29 is 19.1 Å². The van der Waals surface area contributed by atoms with Crippen molar-refractivity contribution in [2.75, 3.05) is 19.7 Å². The molecule has 2 fully saturated rings. The molecule has 2 aliphatic rings. The molecule has 0 bridgehead atoms. The molecule has 1 aliphatic carbocycles. The first-order valence-corrected chi connectivity index (χ1v) is 9.48. The van der Waals surface area contributed by atoms with E-state index in [1.165, 1.54) is 11.3 Å². The van der Waals surface area contributed by atoms with Gasteiger partial charge in [-0.15, -0.1) is 0 Å². The molecule has 0 aromatic carbocycles. The highest BCUT2D eigenvalue weighted by atomic mass is 16.6. The average molecular weight is 365 g/mol. The van der Waals surface area contributed by atoms with Crippen LogP contribution in [-0.2, 0) is 14.3 Å². The molecular weight excluding hydrogens is 334 g/mol. The lowest BCUT2D eigenvalue weighted by molar-refractivity contribution is -0.130. The van der Waals surface area contributed by atoms with Gasteiger partial charge < -0.3 is 19.7 Å². The molecule has 1 N–H and O–H groups in total. The van der Waals surface area contributed by atoms with E-state index in [4.69, 9.17) is 9.47 Å². The lowest BCUT2D eigenvalue weighted by Crippen LogP contribution is -2.43. The molecule has 0 radical (unpaired) electrons. The van der Waals surface area contributed by atoms with Crippen molar-refractivity contribution in [3.63, 3.8) is 0 Å². The molecule has 0 aromatic heterocycles. The minimum Gasteiger partial charge on any atom is -0.444 e. The Morgan fingerprint density at radius 3 is 2.54 bits per heavy atom. The smallest absolute Gasteiger partial charge is 0.410 e. The molecule has 0 spiro atoms. The Bertz CT molecular complexity index is 552. The third-order valence-corrected chi connectivity index (χ3v) is 4.95. The molecule has 1 saturated carbocycles. The predicted octanol–water partition coefficient (Wildman–Crippen LogP) is 2.46. The van der Waals surface area contributed by atoms with E-state index in [0.717, 1.165) is 19.3 Å². The van der Waals surface area contributed by atoms with Crippen molar-refractivity contribution in [3.8, 4) is 6.07 Å². The van der Waals surface area contributed by atoms with Gasteiger partial charge in [0.2, 0.25) is 5.91 Å². The first kappa shape index (κ1) is 20.5. The summed E-state index contributed by atoms with van der Waals surface area (Å²) < 4.78 is 11.1. The maximum atomic E-state index is 12.2. The zero-order valence-corrected chi connectivity index (χ0v) is 16.3. The Morgan fingerprint density at radius 1 is 1.23 bits per heavy atom. The van der Waals surface area contributed by atoms with E-state index in [2.05, 4.69) is 18.3 Å². The summed E-state index contributed by atoms with van der Waals surface area (Å²) in [5, 5.41) is 12.2. The van der Waals surface area contributed by atoms with Gasteiger partial charge in [0.1, 0.15) is 12.2 Å². The van der Waals surface area contributed by atoms with Crippen molar-refractivity contribution in [1.82, 2.24) is 10.2 Å². The molecule has 2 rings (SSSR count). The molecule has 0 aromatic rings. The SMILES string of the molecule is C[C@@H]1CCCC[C@@H]1OCC(=O)N[C@H]1CN(C(=O)OC(C)(C)C)C[C@@H]1C#N. The Labute approximate surface area is 156 Å². The van der Waals surface area contributed by atoms with Gasteiger partial charge in [-0.1, -0.05) is 19.8 Å². The van der Waals surface area contributed by atoms with Crippen LogP contribution in [-0.4, -0.2) is 54.3 Å². The number of carbonyl (C=O) groups is 2. The van der Waals surface area contributed by atoms with Gasteiger partial charge in [0, 0.05) is 13.1 Å². The molecule has 1 saturated heterocycles. The zero-order chi connectivity index (χ0) is 19.3. The van der Waals surface area contributed by atoms with Crippen molar-refractivity contribution in [1.29, 1.82) is 5.26 Å². The topological polar surface area (TPSA) is 91.7 Å². The molecule has 4 atom stereocenters. The number of nitrogens with one attached hydrogen (secondary N) is 1. The van der Waals surface area contributed by atoms with Crippen LogP contribution in [0.3, 0.4) is 0 Å². The third-order valence-electron chi connectivity index (χ3n) is 4.95. The van der Waals surface area contributed by atoms with Crippen LogP contribution in [0.15, 0.2) is 0 Å². The standard InChI is InChI=1S/C19H31N3O4/c1-13-7-5-6-8-16(13)25-12-17(23)21-15-11-22(10-14(15)9-20)18(24)26-19(2,3)4/h13-16H,5-8,10-12H2,1-4H3,(H,21,23)/t13-,14+,15+,16+/m1/s1. The van der Waals surface area contributed by atoms with Crippen molar-refractivity contribution in [2.45, 2.75) is 71.1 Å². The minimum absolute atomic E-state index is 0.00388. The van der Waals surface area contributed by atoms with Gasteiger partial charge in [-0.05, 0) is 39.5 Å². The van der Waals surface area contributed by atoms with Crippen molar-refractivity contribution in [2.24, 2.45) is 11.8 Å². The second-order valence-corrected chi connectivity index (χ2v) is 8.41. The third kappa shape index (κ3) is 5.87. The molecule has 146 valence electrons. The summed E-state index contributed by atoms with van der Waals surface area (Å²) in [7, 11) is 0.